The summed E-state index contributed by atoms with van der Waals surface area (Å²) in [5, 5.41) is 9.00. The molecular formula is C19H22N4O2. The summed E-state index contributed by atoms with van der Waals surface area (Å²) in [6.07, 6.45) is 5.26. The molecular weight excluding hydrogens is 316 g/mol. The van der Waals surface area contributed by atoms with Gasteiger partial charge in [-0.25, -0.2) is 0 Å². The molecule has 1 aliphatic heterocycles. The zero-order valence-corrected chi connectivity index (χ0v) is 14.0. The molecule has 0 spiro atoms. The van der Waals surface area contributed by atoms with Crippen LogP contribution in [0.4, 0.5) is 5.69 Å². The van der Waals surface area contributed by atoms with Crippen molar-refractivity contribution in [3.05, 3.63) is 59.9 Å². The van der Waals surface area contributed by atoms with Gasteiger partial charge in [0.05, 0.1) is 17.2 Å². The summed E-state index contributed by atoms with van der Waals surface area (Å²) >= 11 is 0. The van der Waals surface area contributed by atoms with Crippen LogP contribution in [0, 0.1) is 5.92 Å². The minimum absolute atomic E-state index is 0.0419. The van der Waals surface area contributed by atoms with Crippen molar-refractivity contribution in [2.24, 2.45) is 5.92 Å². The number of aromatic nitrogens is 1. The Morgan fingerprint density at radius 1 is 1.20 bits per heavy atom. The summed E-state index contributed by atoms with van der Waals surface area (Å²) in [5.41, 5.74) is 1.93. The van der Waals surface area contributed by atoms with E-state index < -0.39 is 0 Å². The number of amides is 2. The van der Waals surface area contributed by atoms with Gasteiger partial charge in [0.2, 0.25) is 5.91 Å². The highest BCUT2D eigenvalue weighted by atomic mass is 16.2. The number of hydrogen-bond acceptors (Lipinski definition) is 4. The molecule has 1 aromatic carbocycles. The molecule has 3 rings (SSSR count). The molecule has 1 aliphatic rings. The van der Waals surface area contributed by atoms with Crippen molar-refractivity contribution in [2.45, 2.75) is 19.4 Å². The van der Waals surface area contributed by atoms with Gasteiger partial charge >= 0.3 is 0 Å². The molecule has 0 radical (unpaired) electrons. The van der Waals surface area contributed by atoms with Gasteiger partial charge in [0.15, 0.2) is 0 Å². The van der Waals surface area contributed by atoms with Crippen LogP contribution in [0.5, 0.6) is 0 Å². The molecule has 1 aromatic heterocycles. The number of benzene rings is 1. The lowest BCUT2D eigenvalue weighted by Gasteiger charge is -2.22. The van der Waals surface area contributed by atoms with Crippen LogP contribution >= 0.6 is 0 Å². The molecule has 6 nitrogen and oxygen atoms in total. The first kappa shape index (κ1) is 17.1. The number of carbonyl (C=O) groups is 2. The molecule has 1 saturated heterocycles. The van der Waals surface area contributed by atoms with Crippen LogP contribution < -0.4 is 16.0 Å². The quantitative estimate of drug-likeness (QED) is 0.778. The highest BCUT2D eigenvalue weighted by Crippen LogP contribution is 2.18. The van der Waals surface area contributed by atoms with Gasteiger partial charge in [-0.3, -0.25) is 14.6 Å². The lowest BCUT2D eigenvalue weighted by Crippen LogP contribution is -2.37. The summed E-state index contributed by atoms with van der Waals surface area (Å²) < 4.78 is 0. The Kier molecular flexibility index (Phi) is 5.74. The van der Waals surface area contributed by atoms with E-state index in [1.807, 2.05) is 18.2 Å². The van der Waals surface area contributed by atoms with Crippen LogP contribution in [-0.2, 0) is 11.3 Å². The number of para-hydroxylation sites is 1. The zero-order valence-electron chi connectivity index (χ0n) is 14.0. The van der Waals surface area contributed by atoms with Gasteiger partial charge < -0.3 is 16.0 Å². The maximum Gasteiger partial charge on any atom is 0.253 e. The first-order valence-electron chi connectivity index (χ1n) is 8.52. The van der Waals surface area contributed by atoms with Gasteiger partial charge in [0.25, 0.3) is 5.91 Å². The average Bonchev–Trinajstić information content (AvgIpc) is 2.68. The Balaban J connectivity index is 1.65. The van der Waals surface area contributed by atoms with E-state index in [9.17, 15) is 9.59 Å². The molecule has 2 heterocycles. The van der Waals surface area contributed by atoms with Crippen molar-refractivity contribution in [3.63, 3.8) is 0 Å². The molecule has 130 valence electrons. The number of nitrogens with one attached hydrogen (secondary N) is 3. The second-order valence-corrected chi connectivity index (χ2v) is 6.12. The first-order valence-corrected chi connectivity index (χ1v) is 8.52. The summed E-state index contributed by atoms with van der Waals surface area (Å²) in [6.45, 7) is 2.03. The monoisotopic (exact) mass is 338 g/mol. The first-order chi connectivity index (χ1) is 12.2. The topological polar surface area (TPSA) is 83.1 Å². The number of anilines is 1. The predicted molar refractivity (Wildman–Crippen MR) is 96.1 cm³/mol. The average molecular weight is 338 g/mol. The normalized spacial score (nSPS) is 16.9. The fourth-order valence-corrected chi connectivity index (χ4v) is 2.88. The Morgan fingerprint density at radius 3 is 2.84 bits per heavy atom. The highest BCUT2D eigenvalue weighted by Gasteiger charge is 2.22. The lowest BCUT2D eigenvalue weighted by atomic mass is 9.98. The van der Waals surface area contributed by atoms with Crippen molar-refractivity contribution in [3.8, 4) is 0 Å². The second-order valence-electron chi connectivity index (χ2n) is 6.12. The minimum Gasteiger partial charge on any atom is -0.348 e. The number of nitrogens with zero attached hydrogens (tertiary/aromatic N) is 1. The van der Waals surface area contributed by atoms with E-state index in [2.05, 4.69) is 20.9 Å². The third kappa shape index (κ3) is 4.64. The highest BCUT2D eigenvalue weighted by molar-refractivity contribution is 6.04. The number of hydrogen-bond donors (Lipinski definition) is 3. The smallest absolute Gasteiger partial charge is 0.253 e. The number of piperidine rings is 1. The Morgan fingerprint density at radius 2 is 2.08 bits per heavy atom. The van der Waals surface area contributed by atoms with Crippen LogP contribution in [0.25, 0.3) is 0 Å². The van der Waals surface area contributed by atoms with Crippen LogP contribution in [0.1, 0.15) is 28.8 Å². The van der Waals surface area contributed by atoms with Gasteiger partial charge in [-0.05, 0) is 43.1 Å². The molecule has 25 heavy (non-hydrogen) atoms. The SMILES string of the molecule is O=C(NCc1cccnc1)c1ccccc1NC(=O)C1CCCNC1. The molecule has 2 amide bonds. The number of rotatable bonds is 5. The van der Waals surface area contributed by atoms with Gasteiger partial charge in [-0.1, -0.05) is 18.2 Å². The fourth-order valence-electron chi connectivity index (χ4n) is 2.88. The van der Waals surface area contributed by atoms with E-state index in [-0.39, 0.29) is 17.7 Å². The third-order valence-electron chi connectivity index (χ3n) is 4.27. The Bertz CT molecular complexity index is 727. The maximum atomic E-state index is 12.5. The van der Waals surface area contributed by atoms with E-state index in [0.717, 1.165) is 24.9 Å². The molecule has 0 aliphatic carbocycles. The second kappa shape index (κ2) is 8.39. The Hall–Kier alpha value is -2.73. The van der Waals surface area contributed by atoms with Crippen molar-refractivity contribution in [2.75, 3.05) is 18.4 Å². The van der Waals surface area contributed by atoms with Crippen LogP contribution in [-0.4, -0.2) is 29.9 Å². The number of pyridine rings is 1. The lowest BCUT2D eigenvalue weighted by molar-refractivity contribution is -0.120. The molecule has 2 aromatic rings. The minimum atomic E-state index is -0.221. The van der Waals surface area contributed by atoms with Gasteiger partial charge in [-0.2, -0.15) is 0 Å². The largest absolute Gasteiger partial charge is 0.348 e. The molecule has 0 saturated carbocycles. The van der Waals surface area contributed by atoms with E-state index >= 15 is 0 Å². The van der Waals surface area contributed by atoms with Gasteiger partial charge in [-0.15, -0.1) is 0 Å². The molecule has 1 atom stereocenters. The number of carbonyl (C=O) groups excluding carboxylic acids is 2. The van der Waals surface area contributed by atoms with E-state index in [1.54, 1.807) is 30.6 Å². The van der Waals surface area contributed by atoms with Crippen LogP contribution in [0.3, 0.4) is 0 Å². The van der Waals surface area contributed by atoms with Crippen molar-refractivity contribution in [1.82, 2.24) is 15.6 Å². The molecule has 6 heteroatoms. The van der Waals surface area contributed by atoms with Gasteiger partial charge in [0.1, 0.15) is 0 Å². The molecule has 1 fully saturated rings. The molecule has 3 N–H and O–H groups in total. The summed E-state index contributed by atoms with van der Waals surface area (Å²) in [4.78, 5) is 29.0. The van der Waals surface area contributed by atoms with Crippen LogP contribution in [0.15, 0.2) is 48.8 Å². The van der Waals surface area contributed by atoms with E-state index in [4.69, 9.17) is 0 Å². The van der Waals surface area contributed by atoms with E-state index in [0.29, 0.717) is 24.3 Å². The fraction of sp³-hybridized carbons (Fsp3) is 0.316. The van der Waals surface area contributed by atoms with Crippen molar-refractivity contribution >= 4 is 17.5 Å². The third-order valence-corrected chi connectivity index (χ3v) is 4.27. The maximum absolute atomic E-state index is 12.5. The standard InChI is InChI=1S/C19H22N4O2/c24-18(15-6-4-10-21-13-15)23-17-8-2-1-7-16(17)19(25)22-12-14-5-3-9-20-11-14/h1-3,5,7-9,11,15,21H,4,6,10,12-13H2,(H,22,25)(H,23,24). The van der Waals surface area contributed by atoms with Crippen molar-refractivity contribution < 1.29 is 9.59 Å². The summed E-state index contributed by atoms with van der Waals surface area (Å²) in [5.74, 6) is -0.318. The Labute approximate surface area is 147 Å². The van der Waals surface area contributed by atoms with Crippen LogP contribution in [0.2, 0.25) is 0 Å². The van der Waals surface area contributed by atoms with Gasteiger partial charge in [0, 0.05) is 25.5 Å². The summed E-state index contributed by atoms with van der Waals surface area (Å²) in [7, 11) is 0. The zero-order chi connectivity index (χ0) is 17.5. The van der Waals surface area contributed by atoms with Crippen molar-refractivity contribution in [1.29, 1.82) is 0 Å². The molecule has 1 unspecified atom stereocenters. The predicted octanol–water partition coefficient (Wildman–Crippen LogP) is 1.95. The summed E-state index contributed by atoms with van der Waals surface area (Å²) in [6, 6.07) is 10.8. The van der Waals surface area contributed by atoms with E-state index in [1.165, 1.54) is 0 Å². The molecule has 0 bridgehead atoms.